The van der Waals surface area contributed by atoms with Crippen LogP contribution in [0.3, 0.4) is 0 Å². The van der Waals surface area contributed by atoms with Gasteiger partial charge in [0, 0.05) is 32.0 Å². The second kappa shape index (κ2) is 7.34. The van der Waals surface area contributed by atoms with Gasteiger partial charge < -0.3 is 19.4 Å². The van der Waals surface area contributed by atoms with Crippen LogP contribution in [-0.2, 0) is 21.4 Å². The predicted molar refractivity (Wildman–Crippen MR) is 90.0 cm³/mol. The van der Waals surface area contributed by atoms with Gasteiger partial charge in [0.25, 0.3) is 10.0 Å². The average molecular weight is 381 g/mol. The van der Waals surface area contributed by atoms with Gasteiger partial charge in [-0.05, 0) is 37.1 Å². The van der Waals surface area contributed by atoms with E-state index in [1.807, 2.05) is 29.1 Å². The summed E-state index contributed by atoms with van der Waals surface area (Å²) in [5.74, 6) is -2.19. The summed E-state index contributed by atoms with van der Waals surface area (Å²) in [6.07, 6.45) is 4.69. The van der Waals surface area contributed by atoms with Gasteiger partial charge in [-0.2, -0.15) is 4.31 Å². The number of rotatable bonds is 7. The zero-order valence-corrected chi connectivity index (χ0v) is 14.7. The highest BCUT2D eigenvalue weighted by Crippen LogP contribution is 2.27. The molecule has 0 bridgehead atoms. The van der Waals surface area contributed by atoms with Crippen molar-refractivity contribution in [2.45, 2.75) is 30.5 Å². The van der Waals surface area contributed by atoms with Gasteiger partial charge in [0.15, 0.2) is 0 Å². The molecule has 3 rings (SSSR count). The van der Waals surface area contributed by atoms with Crippen molar-refractivity contribution in [3.05, 3.63) is 42.4 Å². The van der Waals surface area contributed by atoms with Crippen molar-refractivity contribution in [3.63, 3.8) is 0 Å². The Hall–Kier alpha value is -2.59. The second-order valence-electron chi connectivity index (χ2n) is 5.91. The third kappa shape index (κ3) is 3.65. The molecule has 2 aromatic rings. The highest BCUT2D eigenvalue weighted by atomic mass is 32.2. The Morgan fingerprint density at radius 2 is 2.00 bits per heavy atom. The normalized spacial score (nSPS) is 18.1. The number of aromatic nitrogens is 1. The molecule has 140 valence electrons. The summed E-state index contributed by atoms with van der Waals surface area (Å²) in [6, 6.07) is 5.10. The topological polar surface area (TPSA) is 122 Å². The van der Waals surface area contributed by atoms with Crippen molar-refractivity contribution in [3.8, 4) is 0 Å². The molecule has 1 saturated heterocycles. The van der Waals surface area contributed by atoms with Gasteiger partial charge in [-0.3, -0.25) is 4.79 Å². The SMILES string of the molecule is O=C(O)c1ccc(S(=O)(=O)N2CCCC2C(=O)NCCn2cccc2)o1. The number of carboxylic acid groups (broad SMARTS) is 1. The number of nitrogens with zero attached hydrogens (tertiary/aromatic N) is 2. The molecule has 0 saturated carbocycles. The van der Waals surface area contributed by atoms with Gasteiger partial charge in [-0.1, -0.05) is 0 Å². The summed E-state index contributed by atoms with van der Waals surface area (Å²) in [7, 11) is -4.08. The molecule has 10 heteroatoms. The van der Waals surface area contributed by atoms with Crippen LogP contribution in [-0.4, -0.2) is 53.4 Å². The van der Waals surface area contributed by atoms with E-state index < -0.39 is 32.9 Å². The zero-order chi connectivity index (χ0) is 18.7. The molecule has 0 aliphatic carbocycles. The number of hydrogen-bond donors (Lipinski definition) is 2. The molecule has 3 heterocycles. The first-order valence-corrected chi connectivity index (χ1v) is 9.57. The van der Waals surface area contributed by atoms with Crippen LogP contribution in [0.1, 0.15) is 23.4 Å². The van der Waals surface area contributed by atoms with E-state index in [1.54, 1.807) is 0 Å². The zero-order valence-electron chi connectivity index (χ0n) is 13.9. The van der Waals surface area contributed by atoms with Crippen LogP contribution in [0.2, 0.25) is 0 Å². The van der Waals surface area contributed by atoms with E-state index in [9.17, 15) is 18.0 Å². The first kappa shape index (κ1) is 18.2. The van der Waals surface area contributed by atoms with Crippen LogP contribution >= 0.6 is 0 Å². The lowest BCUT2D eigenvalue weighted by Crippen LogP contribution is -2.46. The average Bonchev–Trinajstić information content (AvgIpc) is 3.34. The lowest BCUT2D eigenvalue weighted by Gasteiger charge is -2.22. The Bertz CT molecular complexity index is 887. The van der Waals surface area contributed by atoms with E-state index in [-0.39, 0.29) is 12.5 Å². The summed E-state index contributed by atoms with van der Waals surface area (Å²) < 4.78 is 33.3. The molecular formula is C16H19N3O6S. The van der Waals surface area contributed by atoms with Crippen LogP contribution < -0.4 is 5.32 Å². The summed E-state index contributed by atoms with van der Waals surface area (Å²) >= 11 is 0. The number of carbonyl (C=O) groups excluding carboxylic acids is 1. The van der Waals surface area contributed by atoms with Gasteiger partial charge in [-0.15, -0.1) is 0 Å². The highest BCUT2D eigenvalue weighted by molar-refractivity contribution is 7.89. The van der Waals surface area contributed by atoms with Gasteiger partial charge in [-0.25, -0.2) is 13.2 Å². The molecule has 1 atom stereocenters. The van der Waals surface area contributed by atoms with E-state index in [1.165, 1.54) is 0 Å². The fraction of sp³-hybridized carbons (Fsp3) is 0.375. The molecule has 1 aliphatic rings. The first-order valence-electron chi connectivity index (χ1n) is 8.13. The molecule has 0 aromatic carbocycles. The number of aromatic carboxylic acids is 1. The molecule has 0 spiro atoms. The quantitative estimate of drug-likeness (QED) is 0.730. The smallest absolute Gasteiger partial charge is 0.371 e. The van der Waals surface area contributed by atoms with E-state index in [2.05, 4.69) is 5.32 Å². The third-order valence-corrected chi connectivity index (χ3v) is 5.98. The van der Waals surface area contributed by atoms with Crippen molar-refractivity contribution in [2.24, 2.45) is 0 Å². The largest absolute Gasteiger partial charge is 0.475 e. The lowest BCUT2D eigenvalue weighted by molar-refractivity contribution is -0.124. The highest BCUT2D eigenvalue weighted by Gasteiger charge is 2.41. The van der Waals surface area contributed by atoms with Crippen molar-refractivity contribution in [1.29, 1.82) is 0 Å². The summed E-state index contributed by atoms with van der Waals surface area (Å²) in [5, 5.41) is 11.2. The molecule has 1 unspecified atom stereocenters. The minimum atomic E-state index is -4.08. The molecule has 2 N–H and O–H groups in total. The number of hydrogen-bond acceptors (Lipinski definition) is 5. The second-order valence-corrected chi connectivity index (χ2v) is 7.73. The number of sulfonamides is 1. The monoisotopic (exact) mass is 381 g/mol. The molecule has 26 heavy (non-hydrogen) atoms. The maximum atomic E-state index is 12.7. The Kier molecular flexibility index (Phi) is 5.14. The Balaban J connectivity index is 1.67. The van der Waals surface area contributed by atoms with E-state index >= 15 is 0 Å². The van der Waals surface area contributed by atoms with Crippen molar-refractivity contribution < 1.29 is 27.5 Å². The minimum Gasteiger partial charge on any atom is -0.475 e. The third-order valence-electron chi connectivity index (χ3n) is 4.20. The Labute approximate surface area is 150 Å². The van der Waals surface area contributed by atoms with Crippen molar-refractivity contribution in [2.75, 3.05) is 13.1 Å². The molecule has 9 nitrogen and oxygen atoms in total. The van der Waals surface area contributed by atoms with Gasteiger partial charge in [0.2, 0.25) is 16.8 Å². The lowest BCUT2D eigenvalue weighted by atomic mass is 10.2. The van der Waals surface area contributed by atoms with Crippen LogP contribution in [0.15, 0.2) is 46.2 Å². The molecule has 0 radical (unpaired) electrons. The first-order chi connectivity index (χ1) is 12.4. The standard InChI is InChI=1S/C16H19N3O6S/c20-15(17-7-11-18-8-1-2-9-18)12-4-3-10-19(12)26(23,24)14-6-5-13(25-14)16(21)22/h1-2,5-6,8-9,12H,3-4,7,10-11H2,(H,17,20)(H,21,22). The molecule has 1 amide bonds. The van der Waals surface area contributed by atoms with Gasteiger partial charge >= 0.3 is 5.97 Å². The summed E-state index contributed by atoms with van der Waals surface area (Å²) in [6.45, 7) is 1.14. The predicted octanol–water partition coefficient (Wildman–Crippen LogP) is 0.749. The van der Waals surface area contributed by atoms with Crippen LogP contribution in [0.25, 0.3) is 0 Å². The number of amides is 1. The van der Waals surface area contributed by atoms with E-state index in [0.717, 1.165) is 16.4 Å². The molecule has 2 aromatic heterocycles. The van der Waals surface area contributed by atoms with Gasteiger partial charge in [0.1, 0.15) is 6.04 Å². The Morgan fingerprint density at radius 3 is 2.65 bits per heavy atom. The van der Waals surface area contributed by atoms with E-state index in [0.29, 0.717) is 25.9 Å². The maximum absolute atomic E-state index is 12.7. The fourth-order valence-corrected chi connectivity index (χ4v) is 4.50. The van der Waals surface area contributed by atoms with Crippen LogP contribution in [0, 0.1) is 0 Å². The number of nitrogens with one attached hydrogen (secondary N) is 1. The Morgan fingerprint density at radius 1 is 1.27 bits per heavy atom. The molecular weight excluding hydrogens is 362 g/mol. The number of furan rings is 1. The minimum absolute atomic E-state index is 0.182. The van der Waals surface area contributed by atoms with Gasteiger partial charge in [0.05, 0.1) is 0 Å². The van der Waals surface area contributed by atoms with E-state index in [4.69, 9.17) is 9.52 Å². The van der Waals surface area contributed by atoms with Crippen molar-refractivity contribution in [1.82, 2.24) is 14.2 Å². The number of carbonyl (C=O) groups is 2. The summed E-state index contributed by atoms with van der Waals surface area (Å²) in [4.78, 5) is 23.3. The maximum Gasteiger partial charge on any atom is 0.371 e. The van der Waals surface area contributed by atoms with Crippen LogP contribution in [0.5, 0.6) is 0 Å². The fourth-order valence-electron chi connectivity index (χ4n) is 2.92. The van der Waals surface area contributed by atoms with Crippen molar-refractivity contribution >= 4 is 21.9 Å². The molecule has 1 aliphatic heterocycles. The summed E-state index contributed by atoms with van der Waals surface area (Å²) in [5.41, 5.74) is 0. The number of carboxylic acids is 1. The molecule has 1 fully saturated rings. The van der Waals surface area contributed by atoms with Crippen LogP contribution in [0.4, 0.5) is 0 Å².